The van der Waals surface area contributed by atoms with Crippen LogP contribution in [0.3, 0.4) is 0 Å². The number of aliphatic imine (C=N–C) groups is 1. The highest BCUT2D eigenvalue weighted by molar-refractivity contribution is 5.79. The van der Waals surface area contributed by atoms with E-state index in [0.29, 0.717) is 24.6 Å². The molecule has 4 nitrogen and oxygen atoms in total. The summed E-state index contributed by atoms with van der Waals surface area (Å²) in [5.41, 5.74) is 3.63. The van der Waals surface area contributed by atoms with Crippen LogP contribution in [0, 0.1) is 5.82 Å². The maximum atomic E-state index is 13.6. The number of nitrogens with one attached hydrogen (secondary N) is 2. The lowest BCUT2D eigenvalue weighted by molar-refractivity contribution is 0.275. The zero-order valence-electron chi connectivity index (χ0n) is 16.5. The quantitative estimate of drug-likeness (QED) is 0.424. The van der Waals surface area contributed by atoms with Crippen molar-refractivity contribution in [1.29, 1.82) is 0 Å². The van der Waals surface area contributed by atoms with E-state index in [1.807, 2.05) is 36.4 Å². The summed E-state index contributed by atoms with van der Waals surface area (Å²) in [6.45, 7) is 0.843. The largest absolute Gasteiger partial charge is 0.392 e. The molecule has 3 rings (SSSR count). The Balaban J connectivity index is 1.66. The maximum absolute atomic E-state index is 13.6. The molecule has 0 amide bonds. The third kappa shape index (κ3) is 5.65. The minimum absolute atomic E-state index is 0.183. The van der Waals surface area contributed by atoms with E-state index in [0.717, 1.165) is 5.56 Å². The molecule has 3 aromatic rings. The fourth-order valence-corrected chi connectivity index (χ4v) is 3.26. The Labute approximate surface area is 171 Å². The molecule has 0 atom stereocenters. The molecular weight excluding hydrogens is 365 g/mol. The molecule has 5 heteroatoms. The van der Waals surface area contributed by atoms with Gasteiger partial charge in [0.25, 0.3) is 0 Å². The SMILES string of the molecule is CN=C(NCc1ccc(F)c(CO)c1)NCC(c1ccccc1)c1ccccc1. The van der Waals surface area contributed by atoms with Crippen LogP contribution in [0.2, 0.25) is 0 Å². The van der Waals surface area contributed by atoms with Crippen LogP contribution in [0.25, 0.3) is 0 Å². The van der Waals surface area contributed by atoms with Gasteiger partial charge in [-0.05, 0) is 28.8 Å². The number of aliphatic hydroxyl groups excluding tert-OH is 1. The molecule has 3 aromatic carbocycles. The lowest BCUT2D eigenvalue weighted by Crippen LogP contribution is -2.39. The number of aliphatic hydroxyl groups is 1. The average Bonchev–Trinajstić information content (AvgIpc) is 2.78. The second-order valence-electron chi connectivity index (χ2n) is 6.76. The van der Waals surface area contributed by atoms with Crippen molar-refractivity contribution in [3.05, 3.63) is 107 Å². The van der Waals surface area contributed by atoms with E-state index >= 15 is 0 Å². The van der Waals surface area contributed by atoms with Gasteiger partial charge >= 0.3 is 0 Å². The number of benzene rings is 3. The first-order valence-corrected chi connectivity index (χ1v) is 9.64. The number of halogens is 1. The summed E-state index contributed by atoms with van der Waals surface area (Å²) in [5, 5.41) is 15.9. The van der Waals surface area contributed by atoms with Crippen LogP contribution in [0.4, 0.5) is 4.39 Å². The van der Waals surface area contributed by atoms with Crippen molar-refractivity contribution in [1.82, 2.24) is 10.6 Å². The Kier molecular flexibility index (Phi) is 7.36. The van der Waals surface area contributed by atoms with Crippen LogP contribution in [-0.2, 0) is 13.2 Å². The smallest absolute Gasteiger partial charge is 0.191 e. The Hall–Kier alpha value is -3.18. The summed E-state index contributed by atoms with van der Waals surface area (Å²) >= 11 is 0. The van der Waals surface area contributed by atoms with Crippen molar-refractivity contribution in [3.8, 4) is 0 Å². The zero-order valence-corrected chi connectivity index (χ0v) is 16.5. The molecule has 0 fully saturated rings. The summed E-state index contributed by atoms with van der Waals surface area (Å²) in [6.07, 6.45) is 0. The van der Waals surface area contributed by atoms with Crippen molar-refractivity contribution in [3.63, 3.8) is 0 Å². The molecule has 0 saturated heterocycles. The Bertz CT molecular complexity index is 890. The second kappa shape index (κ2) is 10.4. The van der Waals surface area contributed by atoms with Gasteiger partial charge in [-0.2, -0.15) is 0 Å². The molecule has 0 aliphatic rings. The zero-order chi connectivity index (χ0) is 20.5. The molecule has 0 spiro atoms. The van der Waals surface area contributed by atoms with Gasteiger partial charge in [-0.1, -0.05) is 66.7 Å². The molecule has 0 heterocycles. The van der Waals surface area contributed by atoms with Gasteiger partial charge in [0.15, 0.2) is 5.96 Å². The van der Waals surface area contributed by atoms with Gasteiger partial charge in [0.1, 0.15) is 5.82 Å². The van der Waals surface area contributed by atoms with E-state index in [2.05, 4.69) is 39.9 Å². The minimum Gasteiger partial charge on any atom is -0.392 e. The van der Waals surface area contributed by atoms with Crippen molar-refractivity contribution in [2.24, 2.45) is 4.99 Å². The van der Waals surface area contributed by atoms with E-state index < -0.39 is 5.82 Å². The monoisotopic (exact) mass is 391 g/mol. The molecule has 0 bridgehead atoms. The summed E-state index contributed by atoms with van der Waals surface area (Å²) in [5.74, 6) is 0.451. The van der Waals surface area contributed by atoms with Crippen molar-refractivity contribution in [2.75, 3.05) is 13.6 Å². The van der Waals surface area contributed by atoms with Crippen molar-refractivity contribution < 1.29 is 9.50 Å². The molecule has 0 saturated carbocycles. The highest BCUT2D eigenvalue weighted by Crippen LogP contribution is 2.23. The van der Waals surface area contributed by atoms with Gasteiger partial charge in [0.05, 0.1) is 6.61 Å². The van der Waals surface area contributed by atoms with Crippen LogP contribution in [0.15, 0.2) is 83.9 Å². The number of nitrogens with zero attached hydrogens (tertiary/aromatic N) is 1. The van der Waals surface area contributed by atoms with E-state index in [1.165, 1.54) is 17.2 Å². The highest BCUT2D eigenvalue weighted by atomic mass is 19.1. The predicted octanol–water partition coefficient (Wildman–Crippen LogP) is 3.82. The van der Waals surface area contributed by atoms with Crippen molar-refractivity contribution >= 4 is 5.96 Å². The van der Waals surface area contributed by atoms with Crippen LogP contribution < -0.4 is 10.6 Å². The number of hydrogen-bond donors (Lipinski definition) is 3. The number of guanidine groups is 1. The molecule has 0 aliphatic carbocycles. The summed E-state index contributed by atoms with van der Waals surface area (Å²) < 4.78 is 13.6. The highest BCUT2D eigenvalue weighted by Gasteiger charge is 2.14. The summed E-state index contributed by atoms with van der Waals surface area (Å²) in [7, 11) is 1.72. The lowest BCUT2D eigenvalue weighted by atomic mass is 9.91. The summed E-state index contributed by atoms with van der Waals surface area (Å²) in [6, 6.07) is 25.5. The molecule has 150 valence electrons. The summed E-state index contributed by atoms with van der Waals surface area (Å²) in [4.78, 5) is 4.29. The van der Waals surface area contributed by atoms with Crippen LogP contribution in [0.5, 0.6) is 0 Å². The minimum atomic E-state index is -0.396. The van der Waals surface area contributed by atoms with E-state index in [1.54, 1.807) is 19.2 Å². The molecular formula is C24H26FN3O. The van der Waals surface area contributed by atoms with Gasteiger partial charge in [-0.3, -0.25) is 4.99 Å². The standard InChI is InChI=1S/C24H26FN3O/c1-26-24(27-15-18-12-13-23(25)21(14-18)17-29)28-16-22(19-8-4-2-5-9-19)20-10-6-3-7-11-20/h2-14,22,29H,15-17H2,1H3,(H2,26,27,28). The van der Waals surface area contributed by atoms with E-state index in [-0.39, 0.29) is 12.5 Å². The molecule has 0 aromatic heterocycles. The Morgan fingerprint density at radius 2 is 1.55 bits per heavy atom. The molecule has 0 radical (unpaired) electrons. The number of rotatable bonds is 7. The maximum Gasteiger partial charge on any atom is 0.191 e. The van der Waals surface area contributed by atoms with E-state index in [9.17, 15) is 9.50 Å². The topological polar surface area (TPSA) is 56.7 Å². The first-order chi connectivity index (χ1) is 14.2. The van der Waals surface area contributed by atoms with Gasteiger partial charge in [-0.15, -0.1) is 0 Å². The van der Waals surface area contributed by atoms with Gasteiger partial charge in [0, 0.05) is 31.6 Å². The van der Waals surface area contributed by atoms with Crippen molar-refractivity contribution in [2.45, 2.75) is 19.1 Å². The number of hydrogen-bond acceptors (Lipinski definition) is 2. The molecule has 3 N–H and O–H groups in total. The van der Waals surface area contributed by atoms with Crippen LogP contribution in [0.1, 0.15) is 28.2 Å². The van der Waals surface area contributed by atoms with Crippen LogP contribution in [-0.4, -0.2) is 24.7 Å². The normalized spacial score (nSPS) is 11.5. The first-order valence-electron chi connectivity index (χ1n) is 9.64. The fraction of sp³-hybridized carbons (Fsp3) is 0.208. The lowest BCUT2D eigenvalue weighted by Gasteiger charge is -2.20. The molecule has 0 unspecified atom stereocenters. The third-order valence-corrected chi connectivity index (χ3v) is 4.84. The van der Waals surface area contributed by atoms with E-state index in [4.69, 9.17) is 0 Å². The molecule has 29 heavy (non-hydrogen) atoms. The Morgan fingerprint density at radius 3 is 2.10 bits per heavy atom. The second-order valence-corrected chi connectivity index (χ2v) is 6.76. The van der Waals surface area contributed by atoms with Crippen LogP contribution >= 0.6 is 0 Å². The predicted molar refractivity (Wildman–Crippen MR) is 115 cm³/mol. The Morgan fingerprint density at radius 1 is 0.931 bits per heavy atom. The van der Waals surface area contributed by atoms with Gasteiger partial charge in [-0.25, -0.2) is 4.39 Å². The average molecular weight is 391 g/mol. The van der Waals surface area contributed by atoms with Gasteiger partial charge in [0.2, 0.25) is 0 Å². The van der Waals surface area contributed by atoms with Gasteiger partial charge < -0.3 is 15.7 Å². The molecule has 0 aliphatic heterocycles. The third-order valence-electron chi connectivity index (χ3n) is 4.84. The first kappa shape index (κ1) is 20.6. The fourth-order valence-electron chi connectivity index (χ4n) is 3.26.